The molecule has 3 aromatic carbocycles. The molecular weight excluding hydrogens is 759 g/mol. The van der Waals surface area contributed by atoms with Gasteiger partial charge in [-0.2, -0.15) is 5.06 Å². The smallest absolute Gasteiger partial charge is 0.327 e. The van der Waals surface area contributed by atoms with Gasteiger partial charge in [-0.25, -0.2) is 0 Å². The number of aliphatic hydroxyl groups is 1. The van der Waals surface area contributed by atoms with E-state index in [0.717, 1.165) is 22.3 Å². The number of ether oxygens (including phenoxy) is 4. The summed E-state index contributed by atoms with van der Waals surface area (Å²) in [6, 6.07) is 21.1. The monoisotopic (exact) mass is 811 g/mol. The van der Waals surface area contributed by atoms with Gasteiger partial charge in [0.25, 0.3) is 0 Å². The molecule has 4 aliphatic rings. The van der Waals surface area contributed by atoms with Crippen molar-refractivity contribution < 1.29 is 53.2 Å². The van der Waals surface area contributed by atoms with Gasteiger partial charge in [-0.1, -0.05) is 84.9 Å². The molecule has 7 rings (SSSR count). The van der Waals surface area contributed by atoms with Gasteiger partial charge in [0.05, 0.1) is 19.2 Å². The highest BCUT2D eigenvalue weighted by Gasteiger charge is 2.75. The van der Waals surface area contributed by atoms with Crippen molar-refractivity contribution in [2.24, 2.45) is 5.41 Å². The topological polar surface area (TPSA) is 173 Å². The first-order valence-corrected chi connectivity index (χ1v) is 20.1. The molecule has 8 unspecified atom stereocenters. The molecule has 3 N–H and O–H groups in total. The minimum Gasteiger partial charge on any atom is -0.508 e. The summed E-state index contributed by atoms with van der Waals surface area (Å²) in [5.74, 6) is -1.87. The first kappa shape index (κ1) is 42.0. The average molecular weight is 812 g/mol. The summed E-state index contributed by atoms with van der Waals surface area (Å²) < 4.78 is 23.3. The lowest BCUT2D eigenvalue weighted by atomic mass is 9.62. The van der Waals surface area contributed by atoms with Crippen molar-refractivity contribution >= 4 is 29.8 Å². The normalized spacial score (nSPS) is 25.8. The highest BCUT2D eigenvalue weighted by molar-refractivity contribution is 5.96. The number of hydroxylamine groups is 2. The number of fused-ring (bicyclic) bond motifs is 4. The first-order valence-electron chi connectivity index (χ1n) is 20.1. The molecule has 2 bridgehead atoms. The lowest BCUT2D eigenvalue weighted by Gasteiger charge is -2.50. The second-order valence-electron chi connectivity index (χ2n) is 16.7. The summed E-state index contributed by atoms with van der Waals surface area (Å²) in [5, 5.41) is 24.7. The maximum Gasteiger partial charge on any atom is 0.327 e. The van der Waals surface area contributed by atoms with Crippen LogP contribution >= 0.6 is 0 Å². The van der Waals surface area contributed by atoms with Crippen LogP contribution in [0.5, 0.6) is 5.75 Å². The third-order valence-corrected chi connectivity index (χ3v) is 11.5. The Balaban J connectivity index is 1.13. The Morgan fingerprint density at radius 2 is 1.71 bits per heavy atom. The van der Waals surface area contributed by atoms with Gasteiger partial charge >= 0.3 is 11.9 Å². The summed E-state index contributed by atoms with van der Waals surface area (Å²) in [6.07, 6.45) is 1.72. The number of rotatable bonds is 15. The van der Waals surface area contributed by atoms with Crippen molar-refractivity contribution in [2.45, 2.75) is 108 Å². The van der Waals surface area contributed by atoms with Crippen LogP contribution in [0.3, 0.4) is 0 Å². The number of phenolic OH excluding ortho intramolecular Hbond substituents is 1. The molecule has 3 saturated heterocycles. The van der Waals surface area contributed by atoms with E-state index in [1.807, 2.05) is 78.9 Å². The molecular formula is C45H53N3O11. The Bertz CT molecular complexity index is 2020. The van der Waals surface area contributed by atoms with Crippen LogP contribution in [-0.4, -0.2) is 113 Å². The molecule has 3 aromatic rings. The molecule has 314 valence electrons. The molecule has 1 aliphatic carbocycles. The molecule has 3 aliphatic heterocycles. The zero-order valence-corrected chi connectivity index (χ0v) is 33.8. The predicted octanol–water partition coefficient (Wildman–Crippen LogP) is 3.86. The largest absolute Gasteiger partial charge is 0.508 e. The maximum absolute atomic E-state index is 15.3. The third kappa shape index (κ3) is 9.07. The Labute approximate surface area is 344 Å². The fourth-order valence-corrected chi connectivity index (χ4v) is 8.64. The molecule has 0 spiro atoms. The second-order valence-corrected chi connectivity index (χ2v) is 16.7. The van der Waals surface area contributed by atoms with Gasteiger partial charge < -0.3 is 39.4 Å². The van der Waals surface area contributed by atoms with E-state index in [0.29, 0.717) is 6.42 Å². The van der Waals surface area contributed by atoms with Gasteiger partial charge in [0, 0.05) is 26.3 Å². The van der Waals surface area contributed by atoms with Crippen LogP contribution in [0.4, 0.5) is 0 Å². The number of esters is 2. The molecule has 8 atom stereocenters. The molecule has 3 heterocycles. The Hall–Kier alpha value is -5.12. The molecule has 1 saturated carbocycles. The van der Waals surface area contributed by atoms with Crippen LogP contribution < -0.4 is 5.32 Å². The van der Waals surface area contributed by atoms with Crippen LogP contribution in [0.1, 0.15) is 62.3 Å². The zero-order chi connectivity index (χ0) is 41.9. The number of nitrogens with one attached hydrogen (secondary N) is 1. The molecule has 14 nitrogen and oxygen atoms in total. The van der Waals surface area contributed by atoms with E-state index in [2.05, 4.69) is 5.32 Å². The summed E-state index contributed by atoms with van der Waals surface area (Å²) in [6.45, 7) is 4.93. The van der Waals surface area contributed by atoms with E-state index >= 15 is 4.79 Å². The third-order valence-electron chi connectivity index (χ3n) is 11.5. The minimum absolute atomic E-state index is 0.0340. The number of aromatic hydroxyl groups is 1. The SMILES string of the molecule is CN(C(=O)C12CC3OC(=O)C1N(Cc1ccc(C=CCc4ccccc4O)cc1)OC2C1OCOC31)C(Cc1ccccc1)C(=O)NC(CO)CCC(=O)OC(C)(C)C. The number of allylic oxidation sites excluding steroid dienone is 1. The van der Waals surface area contributed by atoms with E-state index in [9.17, 15) is 24.6 Å². The highest BCUT2D eigenvalue weighted by atomic mass is 16.8. The number of likely N-dealkylation sites (N-methyl/N-ethyl adjacent to an activating group) is 1. The van der Waals surface area contributed by atoms with Gasteiger partial charge in [-0.05, 0) is 61.9 Å². The Morgan fingerprint density at radius 3 is 2.42 bits per heavy atom. The van der Waals surface area contributed by atoms with Crippen molar-refractivity contribution in [3.63, 3.8) is 0 Å². The van der Waals surface area contributed by atoms with Gasteiger partial charge in [0.15, 0.2) is 6.04 Å². The number of hydrogen-bond donors (Lipinski definition) is 3. The number of carbonyl (C=O) groups excluding carboxylic acids is 4. The van der Waals surface area contributed by atoms with Crippen LogP contribution in [-0.2, 0) is 62.3 Å². The van der Waals surface area contributed by atoms with Crippen molar-refractivity contribution in [1.82, 2.24) is 15.3 Å². The number of benzene rings is 3. The number of aliphatic hydroxyl groups excluding tert-OH is 1. The Morgan fingerprint density at radius 1 is 1.00 bits per heavy atom. The fraction of sp³-hybridized carbons (Fsp3) is 0.467. The van der Waals surface area contributed by atoms with Crippen LogP contribution in [0.15, 0.2) is 84.9 Å². The summed E-state index contributed by atoms with van der Waals surface area (Å²) in [4.78, 5) is 64.2. The van der Waals surface area contributed by atoms with Crippen molar-refractivity contribution in [3.05, 3.63) is 107 Å². The predicted molar refractivity (Wildman–Crippen MR) is 214 cm³/mol. The zero-order valence-electron chi connectivity index (χ0n) is 33.8. The molecule has 4 fully saturated rings. The number of hydrogen-bond acceptors (Lipinski definition) is 12. The van der Waals surface area contributed by atoms with Crippen LogP contribution in [0.2, 0.25) is 0 Å². The average Bonchev–Trinajstić information content (AvgIpc) is 3.84. The minimum atomic E-state index is -1.50. The number of nitrogens with zero attached hydrogens (tertiary/aromatic N) is 2. The molecule has 14 heteroatoms. The van der Waals surface area contributed by atoms with Crippen molar-refractivity contribution in [2.75, 3.05) is 20.4 Å². The first-order chi connectivity index (χ1) is 28.3. The van der Waals surface area contributed by atoms with E-state index in [1.54, 1.807) is 40.0 Å². The summed E-state index contributed by atoms with van der Waals surface area (Å²) in [5.41, 5.74) is 1.16. The standard InChI is InChI=1S/C45H53N3O11/c1-44(2,3)58-36(51)22-21-32(26-49)46-41(52)33(23-29-11-6-5-7-12-29)47(4)43(54)45-24-35-37-38(56-27-55-37)40(45)59-48(39(45)42(53)57-35)25-30-19-17-28(18-20-30)13-10-15-31-14-8-9-16-34(31)50/h5-14,16-20,32-33,35,37-40,49-50H,15,21-27H2,1-4H3,(H,46,52). The van der Waals surface area contributed by atoms with E-state index in [1.165, 1.54) is 9.96 Å². The van der Waals surface area contributed by atoms with E-state index in [4.69, 9.17) is 23.8 Å². The second kappa shape index (κ2) is 17.6. The lowest BCUT2D eigenvalue weighted by Crippen LogP contribution is -2.70. The van der Waals surface area contributed by atoms with Gasteiger partial charge in [0.1, 0.15) is 54.0 Å². The van der Waals surface area contributed by atoms with Gasteiger partial charge in [-0.3, -0.25) is 24.0 Å². The molecule has 2 amide bonds. The lowest BCUT2D eigenvalue weighted by molar-refractivity contribution is -0.204. The fourth-order valence-electron chi connectivity index (χ4n) is 8.64. The van der Waals surface area contributed by atoms with E-state index < -0.39 is 83.9 Å². The number of amides is 2. The summed E-state index contributed by atoms with van der Waals surface area (Å²) >= 11 is 0. The van der Waals surface area contributed by atoms with Crippen molar-refractivity contribution in [1.29, 1.82) is 0 Å². The molecule has 0 aromatic heterocycles. The maximum atomic E-state index is 15.3. The quantitative estimate of drug-likeness (QED) is 0.190. The summed E-state index contributed by atoms with van der Waals surface area (Å²) in [7, 11) is 1.54. The molecule has 59 heavy (non-hydrogen) atoms. The number of phenols is 1. The van der Waals surface area contributed by atoms with Crippen LogP contribution in [0.25, 0.3) is 6.08 Å². The highest BCUT2D eigenvalue weighted by Crippen LogP contribution is 2.56. The van der Waals surface area contributed by atoms with Crippen LogP contribution in [0, 0.1) is 5.41 Å². The Kier molecular flexibility index (Phi) is 12.5. The van der Waals surface area contributed by atoms with Crippen molar-refractivity contribution in [3.8, 4) is 5.75 Å². The van der Waals surface area contributed by atoms with Gasteiger partial charge in [-0.15, -0.1) is 0 Å². The number of para-hydroxylation sites is 1. The molecule has 0 radical (unpaired) electrons. The van der Waals surface area contributed by atoms with E-state index in [-0.39, 0.29) is 44.8 Å². The van der Waals surface area contributed by atoms with Gasteiger partial charge in [0.2, 0.25) is 11.8 Å². The number of carbonyl (C=O) groups is 4.